The number of thiophene rings is 1. The minimum atomic E-state index is -0.736. The number of ether oxygens (including phenoxy) is 1. The molecule has 8 heteroatoms. The summed E-state index contributed by atoms with van der Waals surface area (Å²) in [6.07, 6.45) is 2.08. The van der Waals surface area contributed by atoms with Crippen LogP contribution in [-0.4, -0.2) is 34.6 Å². The minimum absolute atomic E-state index is 0.0736. The number of nitrogens with zero attached hydrogens (tertiary/aromatic N) is 2. The smallest absolute Gasteiger partial charge is 0.328 e. The molecular weight excluding hydrogens is 342 g/mol. The van der Waals surface area contributed by atoms with E-state index in [4.69, 9.17) is 4.74 Å². The van der Waals surface area contributed by atoms with Crippen molar-refractivity contribution in [3.05, 3.63) is 27.1 Å². The molecule has 0 fully saturated rings. The molecule has 136 valence electrons. The third kappa shape index (κ3) is 3.89. The lowest BCUT2D eigenvalue weighted by Gasteiger charge is -2.21. The van der Waals surface area contributed by atoms with Gasteiger partial charge in [-0.15, -0.1) is 11.3 Å². The quantitative estimate of drug-likeness (QED) is 0.788. The fourth-order valence-electron chi connectivity index (χ4n) is 2.55. The van der Waals surface area contributed by atoms with E-state index in [9.17, 15) is 14.4 Å². The van der Waals surface area contributed by atoms with E-state index in [-0.39, 0.29) is 18.0 Å². The second-order valence-electron chi connectivity index (χ2n) is 6.09. The second-order valence-corrected chi connectivity index (χ2v) is 7.30. The largest absolute Gasteiger partial charge is 0.467 e. The van der Waals surface area contributed by atoms with E-state index < -0.39 is 17.9 Å². The van der Waals surface area contributed by atoms with E-state index >= 15 is 0 Å². The van der Waals surface area contributed by atoms with E-state index in [1.165, 1.54) is 29.3 Å². The van der Waals surface area contributed by atoms with Gasteiger partial charge < -0.3 is 10.1 Å². The average molecular weight is 365 g/mol. The SMILES string of the molecule is CC[C@@H](C)[C@H](NC(=O)Cn1cnc2sc(C)c(C)c2c1=O)C(=O)OC. The van der Waals surface area contributed by atoms with Crippen molar-refractivity contribution < 1.29 is 14.3 Å². The summed E-state index contributed by atoms with van der Waals surface area (Å²) in [6.45, 7) is 7.40. The third-order valence-electron chi connectivity index (χ3n) is 4.45. The van der Waals surface area contributed by atoms with Crippen LogP contribution >= 0.6 is 11.3 Å². The van der Waals surface area contributed by atoms with E-state index in [1.807, 2.05) is 27.7 Å². The number of fused-ring (bicyclic) bond motifs is 1. The zero-order valence-electron chi connectivity index (χ0n) is 15.1. The van der Waals surface area contributed by atoms with Gasteiger partial charge in [-0.1, -0.05) is 20.3 Å². The molecule has 2 rings (SSSR count). The third-order valence-corrected chi connectivity index (χ3v) is 5.57. The average Bonchev–Trinajstić information content (AvgIpc) is 2.89. The Morgan fingerprint density at radius 2 is 2.08 bits per heavy atom. The summed E-state index contributed by atoms with van der Waals surface area (Å²) in [5, 5.41) is 3.21. The molecular formula is C17H23N3O4S. The number of methoxy groups -OCH3 is 1. The number of carbonyl (C=O) groups excluding carboxylic acids is 2. The molecule has 0 aromatic carbocycles. The summed E-state index contributed by atoms with van der Waals surface area (Å²) < 4.78 is 6.02. The summed E-state index contributed by atoms with van der Waals surface area (Å²) in [5.74, 6) is -0.994. The van der Waals surface area contributed by atoms with Gasteiger partial charge in [0.05, 0.1) is 18.8 Å². The van der Waals surface area contributed by atoms with Gasteiger partial charge in [-0.3, -0.25) is 14.2 Å². The maximum atomic E-state index is 12.6. The Balaban J connectivity index is 2.24. The maximum absolute atomic E-state index is 12.6. The fraction of sp³-hybridized carbons (Fsp3) is 0.529. The molecule has 0 saturated carbocycles. The van der Waals surface area contributed by atoms with Crippen LogP contribution in [0.15, 0.2) is 11.1 Å². The Bertz CT molecular complexity index is 855. The summed E-state index contributed by atoms with van der Waals surface area (Å²) >= 11 is 1.46. The molecule has 1 amide bonds. The van der Waals surface area contributed by atoms with Gasteiger partial charge in [-0.05, 0) is 25.3 Å². The van der Waals surface area contributed by atoms with Crippen LogP contribution in [0.25, 0.3) is 10.2 Å². The predicted molar refractivity (Wildman–Crippen MR) is 96.8 cm³/mol. The summed E-state index contributed by atoms with van der Waals surface area (Å²) in [6, 6.07) is -0.736. The Kier molecular flexibility index (Phi) is 5.94. The number of esters is 1. The lowest BCUT2D eigenvalue weighted by atomic mass is 9.99. The van der Waals surface area contributed by atoms with Crippen LogP contribution < -0.4 is 10.9 Å². The lowest BCUT2D eigenvalue weighted by molar-refractivity contribution is -0.146. The molecule has 0 bridgehead atoms. The van der Waals surface area contributed by atoms with E-state index in [1.54, 1.807) is 0 Å². The first kappa shape index (κ1) is 19.1. The summed E-state index contributed by atoms with van der Waals surface area (Å²) in [7, 11) is 1.29. The highest BCUT2D eigenvalue weighted by molar-refractivity contribution is 7.18. The van der Waals surface area contributed by atoms with Crippen molar-refractivity contribution in [2.24, 2.45) is 5.92 Å². The van der Waals surface area contributed by atoms with Crippen LogP contribution in [-0.2, 0) is 20.9 Å². The van der Waals surface area contributed by atoms with Gasteiger partial charge in [-0.25, -0.2) is 9.78 Å². The standard InChI is InChI=1S/C17H23N3O4S/c1-6-9(2)14(17(23)24-5)19-12(21)7-20-8-18-15-13(16(20)22)10(3)11(4)25-15/h8-9,14H,6-7H2,1-5H3,(H,19,21)/t9-,14+/m1/s1. The van der Waals surface area contributed by atoms with E-state index in [0.717, 1.165) is 10.4 Å². The monoisotopic (exact) mass is 365 g/mol. The number of rotatable bonds is 6. The highest BCUT2D eigenvalue weighted by Gasteiger charge is 2.26. The topological polar surface area (TPSA) is 90.3 Å². The molecule has 0 aliphatic heterocycles. The number of nitrogens with one attached hydrogen (secondary N) is 1. The molecule has 2 atom stereocenters. The van der Waals surface area contributed by atoms with Gasteiger partial charge in [-0.2, -0.15) is 0 Å². The molecule has 7 nitrogen and oxygen atoms in total. The van der Waals surface area contributed by atoms with Crippen LogP contribution in [0.4, 0.5) is 0 Å². The van der Waals surface area contributed by atoms with Crippen LogP contribution in [0.2, 0.25) is 0 Å². The molecule has 0 spiro atoms. The number of aromatic nitrogens is 2. The molecule has 0 unspecified atom stereocenters. The molecule has 1 N–H and O–H groups in total. The van der Waals surface area contributed by atoms with Gasteiger partial charge in [0.15, 0.2) is 0 Å². The zero-order chi connectivity index (χ0) is 18.7. The fourth-order valence-corrected chi connectivity index (χ4v) is 3.54. The molecule has 2 aromatic heterocycles. The van der Waals surface area contributed by atoms with Crippen molar-refractivity contribution in [2.45, 2.75) is 46.7 Å². The number of hydrogen-bond donors (Lipinski definition) is 1. The zero-order valence-corrected chi connectivity index (χ0v) is 15.9. The number of aryl methyl sites for hydroxylation is 2. The van der Waals surface area contributed by atoms with E-state index in [2.05, 4.69) is 10.3 Å². The van der Waals surface area contributed by atoms with Crippen LogP contribution in [0.5, 0.6) is 0 Å². The van der Waals surface area contributed by atoms with Crippen molar-refractivity contribution in [1.29, 1.82) is 0 Å². The highest BCUT2D eigenvalue weighted by Crippen LogP contribution is 2.25. The van der Waals surface area contributed by atoms with Crippen molar-refractivity contribution in [3.63, 3.8) is 0 Å². The van der Waals surface area contributed by atoms with Crippen LogP contribution in [0.1, 0.15) is 30.7 Å². The van der Waals surface area contributed by atoms with Gasteiger partial charge in [0, 0.05) is 4.88 Å². The van der Waals surface area contributed by atoms with Gasteiger partial charge in [0.25, 0.3) is 5.56 Å². The van der Waals surface area contributed by atoms with Crippen molar-refractivity contribution >= 4 is 33.4 Å². The first-order valence-electron chi connectivity index (χ1n) is 8.12. The van der Waals surface area contributed by atoms with Crippen LogP contribution in [0, 0.1) is 19.8 Å². The Hall–Kier alpha value is -2.22. The maximum Gasteiger partial charge on any atom is 0.328 e. The van der Waals surface area contributed by atoms with Crippen molar-refractivity contribution in [1.82, 2.24) is 14.9 Å². The van der Waals surface area contributed by atoms with Crippen molar-refractivity contribution in [3.8, 4) is 0 Å². The predicted octanol–water partition coefficient (Wildman–Crippen LogP) is 1.78. The van der Waals surface area contributed by atoms with Gasteiger partial charge >= 0.3 is 5.97 Å². The van der Waals surface area contributed by atoms with Gasteiger partial charge in [0.1, 0.15) is 17.4 Å². The van der Waals surface area contributed by atoms with Crippen molar-refractivity contribution in [2.75, 3.05) is 7.11 Å². The van der Waals surface area contributed by atoms with Crippen LogP contribution in [0.3, 0.4) is 0 Å². The molecule has 0 aliphatic rings. The molecule has 0 radical (unpaired) electrons. The summed E-state index contributed by atoms with van der Waals surface area (Å²) in [5.41, 5.74) is 0.638. The number of amides is 1. The number of hydrogen-bond acceptors (Lipinski definition) is 6. The lowest BCUT2D eigenvalue weighted by Crippen LogP contribution is -2.47. The molecule has 25 heavy (non-hydrogen) atoms. The van der Waals surface area contributed by atoms with E-state index in [0.29, 0.717) is 16.6 Å². The normalized spacial score (nSPS) is 13.5. The molecule has 2 aromatic rings. The molecule has 0 aliphatic carbocycles. The number of carbonyl (C=O) groups is 2. The highest BCUT2D eigenvalue weighted by atomic mass is 32.1. The second kappa shape index (κ2) is 7.77. The molecule has 2 heterocycles. The minimum Gasteiger partial charge on any atom is -0.467 e. The molecule has 0 saturated heterocycles. The Morgan fingerprint density at radius 3 is 2.68 bits per heavy atom. The Morgan fingerprint density at radius 1 is 1.40 bits per heavy atom. The summed E-state index contributed by atoms with van der Waals surface area (Å²) in [4.78, 5) is 42.8. The first-order valence-corrected chi connectivity index (χ1v) is 8.94. The van der Waals surface area contributed by atoms with Gasteiger partial charge in [0.2, 0.25) is 5.91 Å². The Labute approximate surface area is 150 Å². The first-order chi connectivity index (χ1) is 11.8.